The first-order chi connectivity index (χ1) is 15.2. The SMILES string of the molecule is CC(C)CCCCCNC(=O)[C@@H]1CN(S(=O)(=O)c2cn(C)cn2)C[C@H]1c1ccc(F)cc1. The van der Waals surface area contributed by atoms with Crippen molar-refractivity contribution in [2.75, 3.05) is 19.6 Å². The molecule has 1 fully saturated rings. The van der Waals surface area contributed by atoms with Gasteiger partial charge in [-0.15, -0.1) is 0 Å². The van der Waals surface area contributed by atoms with Gasteiger partial charge in [0.2, 0.25) is 5.91 Å². The van der Waals surface area contributed by atoms with Crippen LogP contribution in [-0.4, -0.2) is 47.8 Å². The Balaban J connectivity index is 1.71. The highest BCUT2D eigenvalue weighted by atomic mass is 32.2. The van der Waals surface area contributed by atoms with E-state index in [1.807, 2.05) is 0 Å². The maximum absolute atomic E-state index is 13.4. The van der Waals surface area contributed by atoms with Gasteiger partial charge in [-0.1, -0.05) is 45.2 Å². The van der Waals surface area contributed by atoms with Crippen LogP contribution in [0, 0.1) is 17.7 Å². The summed E-state index contributed by atoms with van der Waals surface area (Å²) >= 11 is 0. The van der Waals surface area contributed by atoms with Crippen molar-refractivity contribution in [2.24, 2.45) is 18.9 Å². The van der Waals surface area contributed by atoms with Crippen molar-refractivity contribution in [2.45, 2.75) is 50.5 Å². The van der Waals surface area contributed by atoms with Crippen molar-refractivity contribution in [3.05, 3.63) is 48.2 Å². The van der Waals surface area contributed by atoms with E-state index in [-0.39, 0.29) is 35.8 Å². The Kier molecular flexibility index (Phi) is 8.05. The number of benzene rings is 1. The summed E-state index contributed by atoms with van der Waals surface area (Å²) in [6.45, 7) is 5.18. The predicted molar refractivity (Wildman–Crippen MR) is 121 cm³/mol. The fourth-order valence-electron chi connectivity index (χ4n) is 4.13. The van der Waals surface area contributed by atoms with Gasteiger partial charge in [-0.3, -0.25) is 4.79 Å². The number of carbonyl (C=O) groups is 1. The largest absolute Gasteiger partial charge is 0.356 e. The molecule has 176 valence electrons. The molecule has 0 bridgehead atoms. The number of hydrogen-bond acceptors (Lipinski definition) is 4. The Bertz CT molecular complexity index is 1000. The van der Waals surface area contributed by atoms with Crippen molar-refractivity contribution < 1.29 is 17.6 Å². The fourth-order valence-corrected chi connectivity index (χ4v) is 5.59. The average Bonchev–Trinajstić information content (AvgIpc) is 3.38. The first kappa shape index (κ1) is 24.4. The molecule has 3 rings (SSSR count). The number of halogens is 1. The molecular formula is C23H33FN4O3S. The molecule has 0 aliphatic carbocycles. The Morgan fingerprint density at radius 1 is 1.19 bits per heavy atom. The van der Waals surface area contributed by atoms with E-state index in [2.05, 4.69) is 24.1 Å². The molecule has 1 aromatic carbocycles. The van der Waals surface area contributed by atoms with Crippen molar-refractivity contribution in [3.63, 3.8) is 0 Å². The van der Waals surface area contributed by atoms with Gasteiger partial charge in [0.15, 0.2) is 5.03 Å². The molecule has 7 nitrogen and oxygen atoms in total. The smallest absolute Gasteiger partial charge is 0.262 e. The van der Waals surface area contributed by atoms with E-state index in [0.29, 0.717) is 12.5 Å². The third-order valence-electron chi connectivity index (χ3n) is 5.96. The van der Waals surface area contributed by atoms with E-state index < -0.39 is 15.9 Å². The number of nitrogens with one attached hydrogen (secondary N) is 1. The minimum atomic E-state index is -3.83. The standard InChI is InChI=1S/C23H33FN4O3S/c1-17(2)7-5-4-6-12-25-23(29)21-14-28(32(30,31)22-15-27(3)16-26-22)13-20(21)18-8-10-19(24)11-9-18/h8-11,15-17,20-21H,4-7,12-14H2,1-3H3,(H,25,29)/t20-,21+/m0/s1. The van der Waals surface area contributed by atoms with Crippen LogP contribution in [0.3, 0.4) is 0 Å². The lowest BCUT2D eigenvalue weighted by Gasteiger charge is -2.18. The van der Waals surface area contributed by atoms with Crippen LogP contribution in [0.4, 0.5) is 4.39 Å². The third kappa shape index (κ3) is 5.95. The number of amides is 1. The lowest BCUT2D eigenvalue weighted by molar-refractivity contribution is -0.124. The second-order valence-electron chi connectivity index (χ2n) is 9.00. The Morgan fingerprint density at radius 3 is 2.53 bits per heavy atom. The lowest BCUT2D eigenvalue weighted by Crippen LogP contribution is -2.36. The van der Waals surface area contributed by atoms with Gasteiger partial charge in [0.25, 0.3) is 10.0 Å². The quantitative estimate of drug-likeness (QED) is 0.547. The van der Waals surface area contributed by atoms with Gasteiger partial charge >= 0.3 is 0 Å². The molecular weight excluding hydrogens is 431 g/mol. The number of rotatable bonds is 10. The van der Waals surface area contributed by atoms with Crippen LogP contribution in [0.15, 0.2) is 41.8 Å². The van der Waals surface area contributed by atoms with E-state index in [0.717, 1.165) is 24.8 Å². The van der Waals surface area contributed by atoms with Crippen LogP contribution >= 0.6 is 0 Å². The molecule has 9 heteroatoms. The summed E-state index contributed by atoms with van der Waals surface area (Å²) < 4.78 is 42.5. The van der Waals surface area contributed by atoms with Crippen molar-refractivity contribution in [3.8, 4) is 0 Å². The van der Waals surface area contributed by atoms with E-state index in [4.69, 9.17) is 0 Å². The minimum Gasteiger partial charge on any atom is -0.356 e. The molecule has 1 aliphatic rings. The zero-order chi connectivity index (χ0) is 23.3. The van der Waals surface area contributed by atoms with Gasteiger partial charge in [-0.2, -0.15) is 4.31 Å². The molecule has 1 aliphatic heterocycles. The van der Waals surface area contributed by atoms with E-state index in [1.165, 1.54) is 35.4 Å². The molecule has 0 radical (unpaired) electrons. The highest BCUT2D eigenvalue weighted by Gasteiger charge is 2.44. The maximum Gasteiger partial charge on any atom is 0.262 e. The summed E-state index contributed by atoms with van der Waals surface area (Å²) in [7, 11) is -2.12. The van der Waals surface area contributed by atoms with Crippen molar-refractivity contribution in [1.29, 1.82) is 0 Å². The second kappa shape index (κ2) is 10.6. The molecule has 0 saturated carbocycles. The molecule has 2 atom stereocenters. The van der Waals surface area contributed by atoms with Crippen molar-refractivity contribution >= 4 is 15.9 Å². The maximum atomic E-state index is 13.4. The van der Waals surface area contributed by atoms with E-state index >= 15 is 0 Å². The Labute approximate surface area is 190 Å². The molecule has 32 heavy (non-hydrogen) atoms. The minimum absolute atomic E-state index is 0.0379. The van der Waals surface area contributed by atoms with Gasteiger partial charge < -0.3 is 9.88 Å². The molecule has 1 saturated heterocycles. The molecule has 0 spiro atoms. The zero-order valence-corrected chi connectivity index (χ0v) is 19.8. The van der Waals surface area contributed by atoms with Crippen molar-refractivity contribution in [1.82, 2.24) is 19.2 Å². The number of nitrogens with zero attached hydrogens (tertiary/aromatic N) is 3. The summed E-state index contributed by atoms with van der Waals surface area (Å²) in [5, 5.41) is 2.95. The summed E-state index contributed by atoms with van der Waals surface area (Å²) in [5.41, 5.74) is 0.752. The predicted octanol–water partition coefficient (Wildman–Crippen LogP) is 3.30. The second-order valence-corrected chi connectivity index (χ2v) is 10.9. The number of hydrogen-bond donors (Lipinski definition) is 1. The fraction of sp³-hybridized carbons (Fsp3) is 0.565. The lowest BCUT2D eigenvalue weighted by atomic mass is 9.88. The third-order valence-corrected chi connectivity index (χ3v) is 7.68. The Morgan fingerprint density at radius 2 is 1.91 bits per heavy atom. The summed E-state index contributed by atoms with van der Waals surface area (Å²) in [6, 6.07) is 5.94. The van der Waals surface area contributed by atoms with Gasteiger partial charge in [0.05, 0.1) is 12.2 Å². The number of carbonyl (C=O) groups excluding carboxylic acids is 1. The van der Waals surface area contributed by atoms with E-state index in [1.54, 1.807) is 23.7 Å². The number of unbranched alkanes of at least 4 members (excludes halogenated alkanes) is 2. The van der Waals surface area contributed by atoms with Crippen LogP contribution < -0.4 is 5.32 Å². The summed E-state index contributed by atoms with van der Waals surface area (Å²) in [5.74, 6) is -0.759. The molecule has 1 aromatic heterocycles. The summed E-state index contributed by atoms with van der Waals surface area (Å²) in [4.78, 5) is 17.0. The molecule has 2 aromatic rings. The van der Waals surface area contributed by atoms with Crippen LogP contribution in [-0.2, 0) is 21.9 Å². The highest BCUT2D eigenvalue weighted by molar-refractivity contribution is 7.89. The van der Waals surface area contributed by atoms with Crippen LogP contribution in [0.25, 0.3) is 0 Å². The summed E-state index contributed by atoms with van der Waals surface area (Å²) in [6.07, 6.45) is 7.12. The van der Waals surface area contributed by atoms with Gasteiger partial charge in [-0.05, 0) is 30.0 Å². The highest BCUT2D eigenvalue weighted by Crippen LogP contribution is 2.35. The first-order valence-electron chi connectivity index (χ1n) is 11.2. The van der Waals surface area contributed by atoms with Crippen LogP contribution in [0.5, 0.6) is 0 Å². The molecule has 1 amide bonds. The zero-order valence-electron chi connectivity index (χ0n) is 19.0. The topological polar surface area (TPSA) is 84.3 Å². The van der Waals surface area contributed by atoms with Gasteiger partial charge in [0.1, 0.15) is 5.82 Å². The van der Waals surface area contributed by atoms with Crippen LogP contribution in [0.2, 0.25) is 0 Å². The first-order valence-corrected chi connectivity index (χ1v) is 12.6. The van der Waals surface area contributed by atoms with Gasteiger partial charge in [-0.25, -0.2) is 17.8 Å². The van der Waals surface area contributed by atoms with E-state index in [9.17, 15) is 17.6 Å². The Hall–Kier alpha value is -2.26. The molecule has 2 heterocycles. The van der Waals surface area contributed by atoms with Gasteiger partial charge in [0, 0.05) is 38.8 Å². The number of imidazole rings is 1. The normalized spacial score (nSPS) is 19.5. The monoisotopic (exact) mass is 464 g/mol. The molecule has 1 N–H and O–H groups in total. The number of sulfonamides is 1. The molecule has 0 unspecified atom stereocenters. The number of aromatic nitrogens is 2. The van der Waals surface area contributed by atoms with Crippen LogP contribution in [0.1, 0.15) is 51.0 Å². The average molecular weight is 465 g/mol. The number of aryl methyl sites for hydroxylation is 1.